The van der Waals surface area contributed by atoms with Gasteiger partial charge in [0.1, 0.15) is 6.61 Å². The van der Waals surface area contributed by atoms with Crippen molar-refractivity contribution < 1.29 is 23.2 Å². The van der Waals surface area contributed by atoms with E-state index in [1.165, 1.54) is 0 Å². The number of nitrogens with one attached hydrogen (secondary N) is 1. The van der Waals surface area contributed by atoms with Crippen LogP contribution in [-0.4, -0.2) is 34.9 Å². The molecule has 3 aromatic carbocycles. The van der Waals surface area contributed by atoms with Gasteiger partial charge in [-0.05, 0) is 30.2 Å². The number of oxime groups is 1. The lowest BCUT2D eigenvalue weighted by Gasteiger charge is -2.22. The van der Waals surface area contributed by atoms with Crippen LogP contribution in [0.3, 0.4) is 0 Å². The zero-order valence-corrected chi connectivity index (χ0v) is 19.7. The van der Waals surface area contributed by atoms with Gasteiger partial charge in [-0.3, -0.25) is 5.43 Å². The van der Waals surface area contributed by atoms with Gasteiger partial charge in [0, 0.05) is 0 Å². The molecule has 35 heavy (non-hydrogen) atoms. The summed E-state index contributed by atoms with van der Waals surface area (Å²) in [4.78, 5) is 13.0. The Bertz CT molecular complexity index is 1300. The molecule has 0 heterocycles. The summed E-state index contributed by atoms with van der Waals surface area (Å²) in [6.07, 6.45) is -1.15. The first-order valence-electron chi connectivity index (χ1n) is 10.5. The standard InChI is InChI=1S/C24H25N5O5S/c1-18-12-14-21(15-13-18)26-27-23(22(25)28-31)35(32,33)29(16-19-8-4-2-5-9-19)24(30)34-17-20-10-6-3-7-11-20/h2-15,26,31H,16-17H2,1H3,(H2,25,28). The average Bonchev–Trinajstić information content (AvgIpc) is 2.88. The number of nitrogens with two attached hydrogens (primary N) is 1. The molecule has 0 fully saturated rings. The first kappa shape index (κ1) is 25.2. The van der Waals surface area contributed by atoms with Gasteiger partial charge in [0.25, 0.3) is 10.0 Å². The largest absolute Gasteiger partial charge is 0.444 e. The van der Waals surface area contributed by atoms with E-state index in [1.807, 2.05) is 6.92 Å². The monoisotopic (exact) mass is 495 g/mol. The molecule has 0 atom stereocenters. The molecule has 3 aromatic rings. The van der Waals surface area contributed by atoms with Gasteiger partial charge in [-0.1, -0.05) is 83.5 Å². The highest BCUT2D eigenvalue weighted by Gasteiger charge is 2.36. The summed E-state index contributed by atoms with van der Waals surface area (Å²) in [5.41, 5.74) is 10.8. The van der Waals surface area contributed by atoms with Crippen molar-refractivity contribution in [2.75, 3.05) is 5.43 Å². The Morgan fingerprint density at radius 2 is 1.54 bits per heavy atom. The lowest BCUT2D eigenvalue weighted by molar-refractivity contribution is 0.118. The molecular formula is C24H25N5O5S. The number of ether oxygens (including phenoxy) is 1. The van der Waals surface area contributed by atoms with Crippen LogP contribution >= 0.6 is 0 Å². The maximum atomic E-state index is 13.5. The van der Waals surface area contributed by atoms with Gasteiger partial charge < -0.3 is 15.7 Å². The third kappa shape index (κ3) is 6.81. The zero-order valence-electron chi connectivity index (χ0n) is 18.9. The second-order valence-electron chi connectivity index (χ2n) is 7.42. The number of hydrazone groups is 1. The Balaban J connectivity index is 1.95. The van der Waals surface area contributed by atoms with Gasteiger partial charge >= 0.3 is 6.09 Å². The second kappa shape index (κ2) is 11.7. The number of benzene rings is 3. The van der Waals surface area contributed by atoms with E-state index in [1.54, 1.807) is 84.9 Å². The fourth-order valence-corrected chi connectivity index (χ4v) is 4.17. The van der Waals surface area contributed by atoms with Crippen LogP contribution in [0.5, 0.6) is 0 Å². The maximum absolute atomic E-state index is 13.5. The normalized spacial score (nSPS) is 12.1. The Kier molecular flexibility index (Phi) is 8.41. The van der Waals surface area contributed by atoms with E-state index in [0.29, 0.717) is 21.1 Å². The van der Waals surface area contributed by atoms with Crippen molar-refractivity contribution in [2.24, 2.45) is 16.0 Å². The average molecular weight is 496 g/mol. The molecule has 0 spiro atoms. The summed E-state index contributed by atoms with van der Waals surface area (Å²) in [6.45, 7) is 1.37. The molecule has 0 saturated carbocycles. The van der Waals surface area contributed by atoms with Crippen molar-refractivity contribution in [3.63, 3.8) is 0 Å². The van der Waals surface area contributed by atoms with E-state index in [4.69, 9.17) is 10.5 Å². The predicted octanol–water partition coefficient (Wildman–Crippen LogP) is 3.64. The lowest BCUT2D eigenvalue weighted by atomic mass is 10.2. The van der Waals surface area contributed by atoms with E-state index in [-0.39, 0.29) is 13.2 Å². The molecule has 182 valence electrons. The SMILES string of the molecule is Cc1ccc(NN=C(C(N)=NO)S(=O)(=O)N(Cc2ccccc2)C(=O)OCc2ccccc2)cc1. The van der Waals surface area contributed by atoms with Crippen molar-refractivity contribution in [3.05, 3.63) is 102 Å². The number of hydrogen-bond donors (Lipinski definition) is 3. The van der Waals surface area contributed by atoms with Crippen molar-refractivity contribution in [3.8, 4) is 0 Å². The molecule has 0 unspecified atom stereocenters. The first-order chi connectivity index (χ1) is 16.8. The number of sulfonamides is 1. The van der Waals surface area contributed by atoms with E-state index in [9.17, 15) is 18.4 Å². The van der Waals surface area contributed by atoms with Crippen LogP contribution in [0.1, 0.15) is 16.7 Å². The van der Waals surface area contributed by atoms with Gasteiger partial charge in [0.15, 0.2) is 0 Å². The summed E-state index contributed by atoms with van der Waals surface area (Å²) in [6, 6.07) is 24.2. The van der Waals surface area contributed by atoms with Crippen LogP contribution in [0.4, 0.5) is 10.5 Å². The Morgan fingerprint density at radius 3 is 2.11 bits per heavy atom. The van der Waals surface area contributed by atoms with E-state index in [0.717, 1.165) is 5.56 Å². The minimum atomic E-state index is -4.72. The molecule has 0 aromatic heterocycles. The molecule has 11 heteroatoms. The number of nitrogens with zero attached hydrogens (tertiary/aromatic N) is 3. The van der Waals surface area contributed by atoms with E-state index >= 15 is 0 Å². The van der Waals surface area contributed by atoms with Crippen LogP contribution in [0.15, 0.2) is 95.2 Å². The minimum Gasteiger partial charge on any atom is -0.444 e. The number of anilines is 1. The van der Waals surface area contributed by atoms with Gasteiger partial charge in [-0.15, -0.1) is 0 Å². The fourth-order valence-electron chi connectivity index (χ4n) is 2.93. The molecule has 0 aliphatic rings. The van der Waals surface area contributed by atoms with Crippen molar-refractivity contribution >= 4 is 32.7 Å². The smallest absolute Gasteiger partial charge is 0.424 e. The molecule has 1 amide bonds. The van der Waals surface area contributed by atoms with E-state index < -0.39 is 27.0 Å². The van der Waals surface area contributed by atoms with E-state index in [2.05, 4.69) is 15.7 Å². The topological polar surface area (TPSA) is 147 Å². The Morgan fingerprint density at radius 1 is 0.971 bits per heavy atom. The molecule has 0 saturated heterocycles. The second-order valence-corrected chi connectivity index (χ2v) is 9.20. The molecule has 4 N–H and O–H groups in total. The number of carbonyl (C=O) groups is 1. The quantitative estimate of drug-likeness (QED) is 0.205. The number of hydrogen-bond acceptors (Lipinski definition) is 8. The predicted molar refractivity (Wildman–Crippen MR) is 133 cm³/mol. The third-order valence-corrected chi connectivity index (χ3v) is 6.42. The van der Waals surface area contributed by atoms with Crippen LogP contribution in [-0.2, 0) is 27.9 Å². The maximum Gasteiger partial charge on any atom is 0.424 e. The summed E-state index contributed by atoms with van der Waals surface area (Å²) >= 11 is 0. The number of rotatable bonds is 6. The molecule has 0 aliphatic carbocycles. The van der Waals surface area contributed by atoms with Crippen molar-refractivity contribution in [1.29, 1.82) is 0 Å². The van der Waals surface area contributed by atoms with Crippen LogP contribution in [0.2, 0.25) is 0 Å². The molecule has 3 rings (SSSR count). The number of amides is 1. The molecule has 0 aliphatic heterocycles. The van der Waals surface area contributed by atoms with Crippen LogP contribution in [0, 0.1) is 6.92 Å². The molecule has 0 radical (unpaired) electrons. The molecule has 10 nitrogen and oxygen atoms in total. The number of carbonyl (C=O) groups excluding carboxylic acids is 1. The van der Waals surface area contributed by atoms with Crippen LogP contribution in [0.25, 0.3) is 0 Å². The number of aryl methyl sites for hydroxylation is 1. The Labute approximate surface area is 203 Å². The van der Waals surface area contributed by atoms with Gasteiger partial charge in [-0.25, -0.2) is 4.79 Å². The van der Waals surface area contributed by atoms with Gasteiger partial charge in [0.2, 0.25) is 10.9 Å². The summed E-state index contributed by atoms with van der Waals surface area (Å²) < 4.78 is 32.9. The highest BCUT2D eigenvalue weighted by molar-refractivity contribution is 8.06. The molecule has 0 bridgehead atoms. The number of amidine groups is 1. The fraction of sp³-hybridized carbons (Fsp3) is 0.125. The lowest BCUT2D eigenvalue weighted by Crippen LogP contribution is -2.45. The highest BCUT2D eigenvalue weighted by Crippen LogP contribution is 2.16. The van der Waals surface area contributed by atoms with Gasteiger partial charge in [0.05, 0.1) is 12.2 Å². The summed E-state index contributed by atoms with van der Waals surface area (Å²) in [5.74, 6) is -0.807. The summed E-state index contributed by atoms with van der Waals surface area (Å²) in [7, 11) is -4.72. The highest BCUT2D eigenvalue weighted by atomic mass is 32.2. The molecular weight excluding hydrogens is 470 g/mol. The Hall–Kier alpha value is -4.38. The van der Waals surface area contributed by atoms with Crippen molar-refractivity contribution in [2.45, 2.75) is 20.1 Å². The zero-order chi connectivity index (χ0) is 25.3. The van der Waals surface area contributed by atoms with Crippen LogP contribution < -0.4 is 11.2 Å². The third-order valence-electron chi connectivity index (χ3n) is 4.78. The minimum absolute atomic E-state index is 0.155. The van der Waals surface area contributed by atoms with Gasteiger partial charge in [-0.2, -0.15) is 17.8 Å². The first-order valence-corrected chi connectivity index (χ1v) is 11.9. The summed E-state index contributed by atoms with van der Waals surface area (Å²) in [5, 5.41) is 15.0. The van der Waals surface area contributed by atoms with Crippen molar-refractivity contribution in [1.82, 2.24) is 4.31 Å².